The highest BCUT2D eigenvalue weighted by atomic mass is 35.5. The van der Waals surface area contributed by atoms with Crippen LogP contribution in [0.5, 0.6) is 0 Å². The molecule has 35 heavy (non-hydrogen) atoms. The molecule has 1 aliphatic heterocycles. The summed E-state index contributed by atoms with van der Waals surface area (Å²) in [6.07, 6.45) is 1.04. The van der Waals surface area contributed by atoms with E-state index >= 15 is 0 Å². The fourth-order valence-electron chi connectivity index (χ4n) is 5.05. The normalized spacial score (nSPS) is 19.8. The number of anilines is 1. The van der Waals surface area contributed by atoms with Crippen LogP contribution < -0.4 is 10.6 Å². The molecule has 4 nitrogen and oxygen atoms in total. The van der Waals surface area contributed by atoms with E-state index in [1.807, 2.05) is 49.4 Å². The minimum atomic E-state index is -0.561. The van der Waals surface area contributed by atoms with Crippen LogP contribution in [-0.2, 0) is 9.59 Å². The van der Waals surface area contributed by atoms with Gasteiger partial charge < -0.3 is 10.6 Å². The number of halogens is 2. The van der Waals surface area contributed by atoms with Crippen LogP contribution in [0.15, 0.2) is 101 Å². The molecule has 3 aromatic carbocycles. The number of benzene rings is 3. The molecule has 2 aliphatic rings. The van der Waals surface area contributed by atoms with Gasteiger partial charge in [0.1, 0.15) is 5.82 Å². The van der Waals surface area contributed by atoms with Crippen molar-refractivity contribution in [3.63, 3.8) is 0 Å². The van der Waals surface area contributed by atoms with Gasteiger partial charge in [-0.05, 0) is 66.8 Å². The van der Waals surface area contributed by atoms with E-state index in [-0.39, 0.29) is 23.4 Å². The zero-order valence-electron chi connectivity index (χ0n) is 19.1. The maximum atomic E-state index is 13.6. The SMILES string of the molecule is CC1=C(C(=O)Nc2ccc(F)cc2)[C@@H](c2cccc(Cl)c2)C2=C(C[C@@H](c3ccccc3)CC2=O)N1. The summed E-state index contributed by atoms with van der Waals surface area (Å²) < 4.78 is 13.4. The summed E-state index contributed by atoms with van der Waals surface area (Å²) in [4.78, 5) is 27.2. The summed E-state index contributed by atoms with van der Waals surface area (Å²) in [5.41, 5.74) is 4.94. The van der Waals surface area contributed by atoms with Crippen LogP contribution in [0.3, 0.4) is 0 Å². The molecule has 5 rings (SSSR count). The molecule has 0 saturated carbocycles. The topological polar surface area (TPSA) is 58.2 Å². The standard InChI is InChI=1S/C29H24ClFN2O2/c1-17-26(29(35)33-23-12-10-22(31)11-13-23)27(19-8-5-9-21(30)14-19)28-24(32-17)15-20(16-25(28)34)18-6-3-2-4-7-18/h2-14,20,27,32H,15-16H2,1H3,(H,33,35)/t20-,27-/m1/s1. The summed E-state index contributed by atoms with van der Waals surface area (Å²) in [6.45, 7) is 1.84. The molecule has 2 N–H and O–H groups in total. The number of dihydropyridines is 1. The number of hydrogen-bond donors (Lipinski definition) is 2. The van der Waals surface area contributed by atoms with E-state index in [2.05, 4.69) is 10.6 Å². The van der Waals surface area contributed by atoms with Gasteiger partial charge in [-0.3, -0.25) is 9.59 Å². The van der Waals surface area contributed by atoms with Crippen molar-refractivity contribution in [2.45, 2.75) is 31.6 Å². The fourth-order valence-corrected chi connectivity index (χ4v) is 5.25. The van der Waals surface area contributed by atoms with E-state index in [9.17, 15) is 14.0 Å². The predicted molar refractivity (Wildman–Crippen MR) is 136 cm³/mol. The third-order valence-electron chi connectivity index (χ3n) is 6.63. The largest absolute Gasteiger partial charge is 0.362 e. The average molecular weight is 487 g/mol. The van der Waals surface area contributed by atoms with Crippen molar-refractivity contribution in [1.82, 2.24) is 5.32 Å². The van der Waals surface area contributed by atoms with Crippen molar-refractivity contribution < 1.29 is 14.0 Å². The Bertz CT molecular complexity index is 1360. The van der Waals surface area contributed by atoms with Crippen molar-refractivity contribution in [2.75, 3.05) is 5.32 Å². The lowest BCUT2D eigenvalue weighted by molar-refractivity contribution is -0.116. The van der Waals surface area contributed by atoms with Crippen LogP contribution in [0.25, 0.3) is 0 Å². The van der Waals surface area contributed by atoms with Crippen LogP contribution in [-0.4, -0.2) is 11.7 Å². The highest BCUT2D eigenvalue weighted by Gasteiger charge is 2.40. The number of hydrogen-bond acceptors (Lipinski definition) is 3. The smallest absolute Gasteiger partial charge is 0.254 e. The van der Waals surface area contributed by atoms with E-state index in [1.165, 1.54) is 24.3 Å². The number of Topliss-reactive ketones (excluding diaryl/α,β-unsaturated/α-hetero) is 1. The Kier molecular flexibility index (Phi) is 6.27. The van der Waals surface area contributed by atoms with Gasteiger partial charge in [0.25, 0.3) is 5.91 Å². The molecule has 176 valence electrons. The minimum Gasteiger partial charge on any atom is -0.362 e. The first-order valence-corrected chi connectivity index (χ1v) is 11.9. The second kappa shape index (κ2) is 9.51. The number of allylic oxidation sites excluding steroid dienone is 3. The summed E-state index contributed by atoms with van der Waals surface area (Å²) in [6, 6.07) is 22.9. The van der Waals surface area contributed by atoms with E-state index in [0.717, 1.165) is 16.8 Å². The average Bonchev–Trinajstić information content (AvgIpc) is 2.85. The van der Waals surface area contributed by atoms with Gasteiger partial charge in [0.2, 0.25) is 0 Å². The zero-order chi connectivity index (χ0) is 24.5. The van der Waals surface area contributed by atoms with Gasteiger partial charge in [0.15, 0.2) is 5.78 Å². The second-order valence-electron chi connectivity index (χ2n) is 8.94. The van der Waals surface area contributed by atoms with Crippen molar-refractivity contribution in [3.05, 3.63) is 123 Å². The van der Waals surface area contributed by atoms with E-state index in [0.29, 0.717) is 40.4 Å². The Morgan fingerprint density at radius 1 is 0.971 bits per heavy atom. The summed E-state index contributed by atoms with van der Waals surface area (Å²) in [5.74, 6) is -1.22. The van der Waals surface area contributed by atoms with Crippen molar-refractivity contribution in [1.29, 1.82) is 0 Å². The third kappa shape index (κ3) is 4.64. The molecular weight excluding hydrogens is 463 g/mol. The maximum Gasteiger partial charge on any atom is 0.254 e. The van der Waals surface area contributed by atoms with Crippen molar-refractivity contribution >= 4 is 29.0 Å². The molecule has 6 heteroatoms. The quantitative estimate of drug-likeness (QED) is 0.443. The van der Waals surface area contributed by atoms with Gasteiger partial charge in [-0.1, -0.05) is 54.1 Å². The Morgan fingerprint density at radius 2 is 1.69 bits per heavy atom. The number of amides is 1. The van der Waals surface area contributed by atoms with Crippen LogP contribution in [0.1, 0.15) is 42.7 Å². The van der Waals surface area contributed by atoms with Gasteiger partial charge in [-0.15, -0.1) is 0 Å². The van der Waals surface area contributed by atoms with Crippen LogP contribution in [0.4, 0.5) is 10.1 Å². The second-order valence-corrected chi connectivity index (χ2v) is 9.38. The molecule has 0 aromatic heterocycles. The Hall–Kier alpha value is -3.70. The van der Waals surface area contributed by atoms with E-state index < -0.39 is 5.92 Å². The Morgan fingerprint density at radius 3 is 2.40 bits per heavy atom. The molecule has 0 radical (unpaired) electrons. The fraction of sp³-hybridized carbons (Fsp3) is 0.172. The molecular formula is C29H24ClFN2O2. The zero-order valence-corrected chi connectivity index (χ0v) is 19.9. The first-order chi connectivity index (χ1) is 16.9. The number of carbonyl (C=O) groups is 2. The van der Waals surface area contributed by atoms with Crippen LogP contribution in [0, 0.1) is 5.82 Å². The van der Waals surface area contributed by atoms with Gasteiger partial charge in [-0.25, -0.2) is 4.39 Å². The molecule has 2 atom stereocenters. The highest BCUT2D eigenvalue weighted by Crippen LogP contribution is 2.46. The molecule has 0 fully saturated rings. The van der Waals surface area contributed by atoms with Crippen LogP contribution >= 0.6 is 11.6 Å². The molecule has 3 aromatic rings. The monoisotopic (exact) mass is 486 g/mol. The molecule has 0 spiro atoms. The Labute approximate surface area is 208 Å². The summed E-state index contributed by atoms with van der Waals surface area (Å²) in [5, 5.41) is 6.76. The lowest BCUT2D eigenvalue weighted by Crippen LogP contribution is -2.37. The third-order valence-corrected chi connectivity index (χ3v) is 6.86. The van der Waals surface area contributed by atoms with E-state index in [1.54, 1.807) is 12.1 Å². The molecule has 1 aliphatic carbocycles. The van der Waals surface area contributed by atoms with Crippen molar-refractivity contribution in [2.24, 2.45) is 0 Å². The van der Waals surface area contributed by atoms with Gasteiger partial charge >= 0.3 is 0 Å². The van der Waals surface area contributed by atoms with Gasteiger partial charge in [0, 0.05) is 45.6 Å². The maximum absolute atomic E-state index is 13.6. The van der Waals surface area contributed by atoms with Gasteiger partial charge in [0.05, 0.1) is 0 Å². The molecule has 0 bridgehead atoms. The van der Waals surface area contributed by atoms with Gasteiger partial charge in [-0.2, -0.15) is 0 Å². The van der Waals surface area contributed by atoms with Crippen molar-refractivity contribution in [3.8, 4) is 0 Å². The molecule has 0 unspecified atom stereocenters. The van der Waals surface area contributed by atoms with Crippen LogP contribution in [0.2, 0.25) is 5.02 Å². The number of rotatable bonds is 4. The summed E-state index contributed by atoms with van der Waals surface area (Å²) in [7, 11) is 0. The molecule has 1 heterocycles. The Balaban J connectivity index is 1.56. The number of ketones is 1. The highest BCUT2D eigenvalue weighted by molar-refractivity contribution is 6.30. The first kappa shape index (κ1) is 23.1. The molecule has 0 saturated heterocycles. The first-order valence-electron chi connectivity index (χ1n) is 11.5. The lowest BCUT2D eigenvalue weighted by Gasteiger charge is -2.37. The van der Waals surface area contributed by atoms with E-state index in [4.69, 9.17) is 11.6 Å². The predicted octanol–water partition coefficient (Wildman–Crippen LogP) is 6.48. The summed E-state index contributed by atoms with van der Waals surface area (Å²) >= 11 is 6.32. The number of nitrogens with one attached hydrogen (secondary N) is 2. The molecule has 1 amide bonds. The minimum absolute atomic E-state index is 0.0113. The number of carbonyl (C=O) groups excluding carboxylic acids is 2. The lowest BCUT2D eigenvalue weighted by atomic mass is 9.71.